The van der Waals surface area contributed by atoms with Crippen LogP contribution >= 0.6 is 0 Å². The molecular weight excluding hydrogens is 443 g/mol. The molecule has 0 aliphatic rings. The minimum Gasteiger partial charge on any atom is -0.396 e. The predicted molar refractivity (Wildman–Crippen MR) is 102 cm³/mol. The number of rotatable bonds is 8. The van der Waals surface area contributed by atoms with E-state index >= 15 is 0 Å². The van der Waals surface area contributed by atoms with Gasteiger partial charge in [0, 0.05) is 18.6 Å². The number of benzene rings is 2. The highest BCUT2D eigenvalue weighted by Crippen LogP contribution is 2.39. The average molecular weight is 466 g/mol. The molecule has 0 heterocycles. The normalized spacial score (nSPS) is 18.0. The second-order valence-corrected chi connectivity index (χ2v) is 7.52. The Hall–Kier alpha value is -2.15. The summed E-state index contributed by atoms with van der Waals surface area (Å²) in [5, 5.41) is 59.3. The lowest BCUT2D eigenvalue weighted by molar-refractivity contribution is -0.152. The van der Waals surface area contributed by atoms with E-state index in [4.69, 9.17) is 5.11 Å². The molecule has 2 rings (SSSR count). The zero-order valence-electron chi connectivity index (χ0n) is 16.7. The van der Waals surface area contributed by atoms with E-state index in [1.807, 2.05) is 0 Å². The van der Waals surface area contributed by atoms with Crippen molar-refractivity contribution < 1.29 is 52.6 Å². The molecule has 0 radical (unpaired) electrons. The molecule has 0 fully saturated rings. The van der Waals surface area contributed by atoms with Crippen LogP contribution in [0, 0.1) is 17.6 Å². The topological polar surface area (TPSA) is 121 Å². The van der Waals surface area contributed by atoms with E-state index in [0.717, 1.165) is 24.3 Å². The molecular formula is C21H23F5O6. The van der Waals surface area contributed by atoms with Crippen molar-refractivity contribution in [3.05, 3.63) is 59.2 Å². The Bertz CT molecular complexity index is 902. The number of halogens is 5. The number of alkyl halides is 3. The molecule has 0 amide bonds. The summed E-state index contributed by atoms with van der Waals surface area (Å²) in [7, 11) is 0. The molecule has 0 aliphatic carbocycles. The fourth-order valence-electron chi connectivity index (χ4n) is 3.18. The average Bonchev–Trinajstić information content (AvgIpc) is 2.74. The largest absolute Gasteiger partial charge is 0.416 e. The van der Waals surface area contributed by atoms with Gasteiger partial charge in [0.1, 0.15) is 36.1 Å². The van der Waals surface area contributed by atoms with Crippen LogP contribution in [0.3, 0.4) is 0 Å². The zero-order valence-corrected chi connectivity index (χ0v) is 16.7. The van der Waals surface area contributed by atoms with Gasteiger partial charge in [-0.1, -0.05) is 19.1 Å². The van der Waals surface area contributed by atoms with Crippen LogP contribution in [0.1, 0.15) is 24.2 Å². The van der Waals surface area contributed by atoms with Gasteiger partial charge in [0.15, 0.2) is 0 Å². The highest BCUT2D eigenvalue weighted by atomic mass is 19.4. The number of hydrogen-bond donors (Lipinski definition) is 6. The Morgan fingerprint density at radius 2 is 1.28 bits per heavy atom. The monoisotopic (exact) mass is 466 g/mol. The molecule has 0 aliphatic heterocycles. The minimum atomic E-state index is -5.06. The Morgan fingerprint density at radius 1 is 0.750 bits per heavy atom. The van der Waals surface area contributed by atoms with Gasteiger partial charge < -0.3 is 30.6 Å². The second-order valence-electron chi connectivity index (χ2n) is 7.52. The summed E-state index contributed by atoms with van der Waals surface area (Å²) in [5.74, 6) is -2.97. The first-order valence-corrected chi connectivity index (χ1v) is 9.46. The van der Waals surface area contributed by atoms with Gasteiger partial charge in [0.25, 0.3) is 0 Å². The molecule has 11 heteroatoms. The summed E-state index contributed by atoms with van der Waals surface area (Å²) in [6.45, 7) is 0.711. The highest BCUT2D eigenvalue weighted by Gasteiger charge is 2.41. The third-order valence-electron chi connectivity index (χ3n) is 5.12. The Kier molecular flexibility index (Phi) is 8.32. The van der Waals surface area contributed by atoms with Crippen LogP contribution in [-0.4, -0.2) is 61.7 Å². The van der Waals surface area contributed by atoms with Gasteiger partial charge in [-0.05, 0) is 34.9 Å². The smallest absolute Gasteiger partial charge is 0.396 e. The van der Waals surface area contributed by atoms with Crippen molar-refractivity contribution in [1.82, 2.24) is 0 Å². The van der Waals surface area contributed by atoms with Crippen LogP contribution in [-0.2, 0) is 6.18 Å². The number of aliphatic hydroxyl groups excluding tert-OH is 6. The number of aliphatic hydroxyl groups is 6. The van der Waals surface area contributed by atoms with Crippen LogP contribution in [0.25, 0.3) is 11.1 Å². The molecule has 0 saturated carbocycles. The molecule has 178 valence electrons. The molecule has 5 unspecified atom stereocenters. The molecule has 0 aromatic heterocycles. The molecule has 6 nitrogen and oxygen atoms in total. The molecule has 32 heavy (non-hydrogen) atoms. The van der Waals surface area contributed by atoms with Crippen molar-refractivity contribution in [2.45, 2.75) is 43.6 Å². The van der Waals surface area contributed by atoms with E-state index in [0.29, 0.717) is 12.1 Å². The van der Waals surface area contributed by atoms with Gasteiger partial charge in [-0.2, -0.15) is 13.2 Å². The standard InChI is InChI=1S/C21H23F5O6/c1-9(8-27)16(28)18(30)20(32)19(31)17(29)14-3-2-10(6-15(14)21(24,25)26)11-4-12(22)7-13(23)5-11/h2-7,9,16-20,27-32H,8H2,1H3/t9?,16?,17-,18?,19?,20?/m1/s1. The molecule has 6 N–H and O–H groups in total. The van der Waals surface area contributed by atoms with E-state index in [9.17, 15) is 47.5 Å². The maximum Gasteiger partial charge on any atom is 0.416 e. The van der Waals surface area contributed by atoms with Gasteiger partial charge >= 0.3 is 6.18 Å². The summed E-state index contributed by atoms with van der Waals surface area (Å²) in [5.41, 5.74) is -2.75. The Morgan fingerprint density at radius 3 is 1.78 bits per heavy atom. The van der Waals surface area contributed by atoms with Gasteiger partial charge in [0.2, 0.25) is 0 Å². The van der Waals surface area contributed by atoms with E-state index in [-0.39, 0.29) is 11.1 Å². The first-order valence-electron chi connectivity index (χ1n) is 9.46. The first-order chi connectivity index (χ1) is 14.8. The van der Waals surface area contributed by atoms with Crippen molar-refractivity contribution in [1.29, 1.82) is 0 Å². The summed E-state index contributed by atoms with van der Waals surface area (Å²) >= 11 is 0. The summed E-state index contributed by atoms with van der Waals surface area (Å²) in [6, 6.07) is 4.48. The van der Waals surface area contributed by atoms with E-state index < -0.39 is 72.0 Å². The fraction of sp³-hybridized carbons (Fsp3) is 0.429. The van der Waals surface area contributed by atoms with Crippen LogP contribution in [0.2, 0.25) is 0 Å². The summed E-state index contributed by atoms with van der Waals surface area (Å²) in [6.07, 6.45) is -15.9. The quantitative estimate of drug-likeness (QED) is 0.330. The lowest BCUT2D eigenvalue weighted by Crippen LogP contribution is -2.49. The maximum absolute atomic E-state index is 13.6. The van der Waals surface area contributed by atoms with Crippen LogP contribution in [0.15, 0.2) is 36.4 Å². The third-order valence-corrected chi connectivity index (χ3v) is 5.12. The molecule has 6 atom stereocenters. The van der Waals surface area contributed by atoms with Gasteiger partial charge in [-0.3, -0.25) is 0 Å². The molecule has 0 spiro atoms. The van der Waals surface area contributed by atoms with Crippen LogP contribution in [0.5, 0.6) is 0 Å². The van der Waals surface area contributed by atoms with Crippen LogP contribution < -0.4 is 0 Å². The highest BCUT2D eigenvalue weighted by molar-refractivity contribution is 5.65. The van der Waals surface area contributed by atoms with Gasteiger partial charge in [0.05, 0.1) is 11.7 Å². The second kappa shape index (κ2) is 10.2. The van der Waals surface area contributed by atoms with Crippen molar-refractivity contribution in [3.63, 3.8) is 0 Å². The molecule has 2 aromatic rings. The van der Waals surface area contributed by atoms with Gasteiger partial charge in [-0.25, -0.2) is 8.78 Å². The predicted octanol–water partition coefficient (Wildman–Crippen LogP) is 1.76. The number of hydrogen-bond acceptors (Lipinski definition) is 6. The molecule has 2 aromatic carbocycles. The lowest BCUT2D eigenvalue weighted by atomic mass is 9.88. The maximum atomic E-state index is 13.6. The first kappa shape index (κ1) is 26.1. The Balaban J connectivity index is 2.43. The fourth-order valence-corrected chi connectivity index (χ4v) is 3.18. The lowest BCUT2D eigenvalue weighted by Gasteiger charge is -2.32. The van der Waals surface area contributed by atoms with Crippen molar-refractivity contribution in [2.24, 2.45) is 5.92 Å². The van der Waals surface area contributed by atoms with Crippen LogP contribution in [0.4, 0.5) is 22.0 Å². The Labute approximate surface area is 179 Å². The van der Waals surface area contributed by atoms with Crippen molar-refractivity contribution >= 4 is 0 Å². The van der Waals surface area contributed by atoms with Crippen molar-refractivity contribution in [3.8, 4) is 11.1 Å². The zero-order chi connectivity index (χ0) is 24.4. The summed E-state index contributed by atoms with van der Waals surface area (Å²) < 4.78 is 67.8. The van der Waals surface area contributed by atoms with E-state index in [1.165, 1.54) is 6.92 Å². The van der Waals surface area contributed by atoms with Gasteiger partial charge in [-0.15, -0.1) is 0 Å². The molecule has 0 bridgehead atoms. The third kappa shape index (κ3) is 5.80. The van der Waals surface area contributed by atoms with E-state index in [1.54, 1.807) is 0 Å². The summed E-state index contributed by atoms with van der Waals surface area (Å²) in [4.78, 5) is 0. The minimum absolute atomic E-state index is 0.203. The SMILES string of the molecule is CC(CO)C(O)C(O)C(O)C(O)[C@H](O)c1ccc(-c2cc(F)cc(F)c2)cc1C(F)(F)F. The van der Waals surface area contributed by atoms with E-state index in [2.05, 4.69) is 0 Å². The molecule has 0 saturated heterocycles. The van der Waals surface area contributed by atoms with Crippen molar-refractivity contribution in [2.75, 3.05) is 6.61 Å².